The van der Waals surface area contributed by atoms with Crippen LogP contribution in [0.25, 0.3) is 0 Å². The highest BCUT2D eigenvalue weighted by Gasteiger charge is 2.17. The van der Waals surface area contributed by atoms with Gasteiger partial charge in [0.1, 0.15) is 10.9 Å². The highest BCUT2D eigenvalue weighted by Crippen LogP contribution is 2.00. The summed E-state index contributed by atoms with van der Waals surface area (Å²) in [5, 5.41) is 0. The van der Waals surface area contributed by atoms with Gasteiger partial charge >= 0.3 is 11.9 Å². The minimum Gasteiger partial charge on any atom is -0.391 e. The summed E-state index contributed by atoms with van der Waals surface area (Å²) >= 11 is 2.95. The molecule has 0 aromatic carbocycles. The molecule has 0 spiro atoms. The van der Waals surface area contributed by atoms with Gasteiger partial charge in [-0.2, -0.15) is 0 Å². The van der Waals surface area contributed by atoms with Gasteiger partial charge in [-0.05, 0) is 13.8 Å². The molecule has 0 aromatic heterocycles. The van der Waals surface area contributed by atoms with Crippen molar-refractivity contribution in [2.45, 2.75) is 24.7 Å². The molecule has 2 atom stereocenters. The van der Waals surface area contributed by atoms with E-state index in [0.29, 0.717) is 0 Å². The average molecular weight is 224 g/mol. The lowest BCUT2D eigenvalue weighted by atomic mass is 10.4. The molecule has 0 aromatic rings. The number of esters is 2. The van der Waals surface area contributed by atoms with E-state index in [-0.39, 0.29) is 0 Å². The zero-order chi connectivity index (χ0) is 9.02. The maximum absolute atomic E-state index is 10.7. The molecule has 0 aliphatic carbocycles. The van der Waals surface area contributed by atoms with Gasteiger partial charge in [-0.3, -0.25) is 4.79 Å². The van der Waals surface area contributed by atoms with Crippen LogP contribution in [-0.4, -0.2) is 22.8 Å². The summed E-state index contributed by atoms with van der Waals surface area (Å²) in [4.78, 5) is 20.9. The molecule has 1 unspecified atom stereocenters. The molecule has 64 valence electrons. The van der Waals surface area contributed by atoms with Crippen LogP contribution in [0, 0.1) is 0 Å². The van der Waals surface area contributed by atoms with Gasteiger partial charge in [0.25, 0.3) is 0 Å². The van der Waals surface area contributed by atoms with E-state index in [1.807, 2.05) is 0 Å². The molecule has 2 N–H and O–H groups in total. The van der Waals surface area contributed by atoms with Gasteiger partial charge in [0.2, 0.25) is 0 Å². The van der Waals surface area contributed by atoms with Crippen molar-refractivity contribution in [3.63, 3.8) is 0 Å². The van der Waals surface area contributed by atoms with E-state index < -0.39 is 22.8 Å². The lowest BCUT2D eigenvalue weighted by molar-refractivity contribution is -0.159. The Bertz CT molecular complexity index is 149. The molecule has 5 heteroatoms. The van der Waals surface area contributed by atoms with E-state index in [1.54, 1.807) is 6.92 Å². The van der Waals surface area contributed by atoms with Gasteiger partial charge in [0.05, 0.1) is 0 Å². The quantitative estimate of drug-likeness (QED) is 0.413. The normalized spacial score (nSPS) is 15.3. The minimum absolute atomic E-state index is 0.481. The van der Waals surface area contributed by atoms with Crippen molar-refractivity contribution in [2.24, 2.45) is 5.73 Å². The second-order valence-corrected chi connectivity index (χ2v) is 3.52. The fourth-order valence-electron chi connectivity index (χ4n) is 0.273. The molecule has 0 aliphatic heterocycles. The van der Waals surface area contributed by atoms with E-state index in [9.17, 15) is 9.59 Å². The van der Waals surface area contributed by atoms with Gasteiger partial charge < -0.3 is 10.5 Å². The van der Waals surface area contributed by atoms with E-state index >= 15 is 0 Å². The number of ether oxygens (including phenoxy) is 1. The third kappa shape index (κ3) is 4.10. The summed E-state index contributed by atoms with van der Waals surface area (Å²) in [5.41, 5.74) is 5.14. The number of alkyl halides is 1. The molecule has 0 radical (unpaired) electrons. The third-order valence-electron chi connectivity index (χ3n) is 0.898. The van der Waals surface area contributed by atoms with Crippen LogP contribution in [0.3, 0.4) is 0 Å². The molecule has 0 rings (SSSR count). The Labute approximate surface area is 73.2 Å². The van der Waals surface area contributed by atoms with Crippen LogP contribution in [-0.2, 0) is 14.3 Å². The standard InChI is InChI=1S/C6H10BrNO3/c1-3(7)5(9)11-6(10)4(2)8/h3-4H,8H2,1-2H3/t3?,4-/m0/s1. The number of halogens is 1. The van der Waals surface area contributed by atoms with Crippen LogP contribution in [0.1, 0.15) is 13.8 Å². The molecular weight excluding hydrogens is 214 g/mol. The Morgan fingerprint density at radius 1 is 1.36 bits per heavy atom. The maximum atomic E-state index is 10.7. The second-order valence-electron chi connectivity index (χ2n) is 2.14. The van der Waals surface area contributed by atoms with Crippen LogP contribution in [0.15, 0.2) is 0 Å². The van der Waals surface area contributed by atoms with Gasteiger partial charge in [-0.1, -0.05) is 15.9 Å². The molecule has 0 bridgehead atoms. The largest absolute Gasteiger partial charge is 0.391 e. The molecule has 11 heavy (non-hydrogen) atoms. The predicted molar refractivity (Wildman–Crippen MR) is 43.1 cm³/mol. The molecule has 4 nitrogen and oxygen atoms in total. The van der Waals surface area contributed by atoms with Crippen molar-refractivity contribution in [2.75, 3.05) is 0 Å². The first-order chi connectivity index (χ1) is 4.95. The molecule has 0 aliphatic rings. The number of carbonyl (C=O) groups is 2. The Hall–Kier alpha value is -0.420. The number of hydrogen-bond acceptors (Lipinski definition) is 4. The monoisotopic (exact) mass is 223 g/mol. The summed E-state index contributed by atoms with van der Waals surface area (Å²) in [7, 11) is 0. The predicted octanol–water partition coefficient (Wildman–Crippen LogP) is 0.187. The first kappa shape index (κ1) is 10.6. The summed E-state index contributed by atoms with van der Waals surface area (Å²) in [6, 6.07) is -0.759. The van der Waals surface area contributed by atoms with Gasteiger partial charge in [-0.25, -0.2) is 4.79 Å². The van der Waals surface area contributed by atoms with Gasteiger partial charge in [0.15, 0.2) is 0 Å². The Kier molecular flexibility index (Phi) is 4.29. The molecule has 0 fully saturated rings. The third-order valence-corrected chi connectivity index (χ3v) is 1.27. The second kappa shape index (κ2) is 4.46. The Morgan fingerprint density at radius 2 is 1.82 bits per heavy atom. The van der Waals surface area contributed by atoms with E-state index in [4.69, 9.17) is 5.73 Å². The van der Waals surface area contributed by atoms with Crippen LogP contribution >= 0.6 is 15.9 Å². The van der Waals surface area contributed by atoms with Crippen molar-refractivity contribution < 1.29 is 14.3 Å². The van der Waals surface area contributed by atoms with Gasteiger partial charge in [0, 0.05) is 0 Å². The van der Waals surface area contributed by atoms with Crippen LogP contribution in [0.5, 0.6) is 0 Å². The summed E-state index contributed by atoms with van der Waals surface area (Å²) < 4.78 is 4.32. The lowest BCUT2D eigenvalue weighted by Crippen LogP contribution is -2.32. The average Bonchev–Trinajstić information content (AvgIpc) is 1.87. The van der Waals surface area contributed by atoms with E-state index in [2.05, 4.69) is 20.7 Å². The van der Waals surface area contributed by atoms with E-state index in [0.717, 1.165) is 0 Å². The zero-order valence-electron chi connectivity index (χ0n) is 6.33. The van der Waals surface area contributed by atoms with Crippen molar-refractivity contribution in [3.8, 4) is 0 Å². The number of hydrogen-bond donors (Lipinski definition) is 1. The minimum atomic E-state index is -0.759. The SMILES string of the molecule is CC(Br)C(=O)OC(=O)[C@H](C)N. The van der Waals surface area contributed by atoms with Crippen molar-refractivity contribution in [3.05, 3.63) is 0 Å². The van der Waals surface area contributed by atoms with Crippen LogP contribution in [0.2, 0.25) is 0 Å². The molecule has 0 saturated heterocycles. The van der Waals surface area contributed by atoms with Crippen molar-refractivity contribution in [1.82, 2.24) is 0 Å². The number of carbonyl (C=O) groups excluding carboxylic acids is 2. The topological polar surface area (TPSA) is 69.4 Å². The fraction of sp³-hybridized carbons (Fsp3) is 0.667. The Morgan fingerprint density at radius 3 is 2.09 bits per heavy atom. The van der Waals surface area contributed by atoms with Crippen molar-refractivity contribution in [1.29, 1.82) is 0 Å². The molecule has 0 amide bonds. The molecule has 0 heterocycles. The van der Waals surface area contributed by atoms with E-state index in [1.165, 1.54) is 6.92 Å². The zero-order valence-corrected chi connectivity index (χ0v) is 7.92. The first-order valence-electron chi connectivity index (χ1n) is 3.10. The fourth-order valence-corrected chi connectivity index (χ4v) is 0.367. The van der Waals surface area contributed by atoms with Crippen molar-refractivity contribution >= 4 is 27.9 Å². The van der Waals surface area contributed by atoms with Crippen LogP contribution in [0.4, 0.5) is 0 Å². The molecule has 0 saturated carbocycles. The highest BCUT2D eigenvalue weighted by atomic mass is 79.9. The summed E-state index contributed by atoms with van der Waals surface area (Å²) in [6.45, 7) is 3.02. The smallest absolute Gasteiger partial charge is 0.330 e. The highest BCUT2D eigenvalue weighted by molar-refractivity contribution is 9.10. The molecular formula is C6H10BrNO3. The summed E-state index contributed by atoms with van der Waals surface area (Å²) in [5.74, 6) is -1.33. The van der Waals surface area contributed by atoms with Gasteiger partial charge in [-0.15, -0.1) is 0 Å². The lowest BCUT2D eigenvalue weighted by Gasteiger charge is -2.05. The first-order valence-corrected chi connectivity index (χ1v) is 4.02. The van der Waals surface area contributed by atoms with Crippen LogP contribution < -0.4 is 5.73 Å². The maximum Gasteiger partial charge on any atom is 0.330 e. The Balaban J connectivity index is 3.86. The summed E-state index contributed by atoms with van der Waals surface area (Å²) in [6.07, 6.45) is 0. The number of rotatable bonds is 2. The number of nitrogens with two attached hydrogens (primary N) is 1.